The molecule has 0 saturated carbocycles. The molecular formula is C14H13NO. The van der Waals surface area contributed by atoms with E-state index in [9.17, 15) is 4.79 Å². The van der Waals surface area contributed by atoms with Crippen LogP contribution in [0.1, 0.15) is 10.4 Å². The van der Waals surface area contributed by atoms with Crippen LogP contribution >= 0.6 is 0 Å². The number of carbonyl (C=O) groups is 1. The lowest BCUT2D eigenvalue weighted by Gasteiger charge is -2.05. The molecule has 0 heterocycles. The van der Waals surface area contributed by atoms with Crippen LogP contribution in [0.3, 0.4) is 0 Å². The summed E-state index contributed by atoms with van der Waals surface area (Å²) in [5.74, 6) is 0.101. The number of ketones is 1. The highest BCUT2D eigenvalue weighted by Gasteiger charge is 2.03. The molecule has 2 heteroatoms. The van der Waals surface area contributed by atoms with Crippen molar-refractivity contribution in [1.82, 2.24) is 0 Å². The van der Waals surface area contributed by atoms with Gasteiger partial charge in [-0.3, -0.25) is 4.79 Å². The first-order chi connectivity index (χ1) is 7.86. The molecule has 0 aromatic heterocycles. The van der Waals surface area contributed by atoms with Crippen molar-refractivity contribution in [3.8, 4) is 0 Å². The highest BCUT2D eigenvalue weighted by atomic mass is 16.1. The third-order valence-corrected chi connectivity index (χ3v) is 2.32. The van der Waals surface area contributed by atoms with E-state index in [0.717, 1.165) is 11.3 Å². The normalized spacial score (nSPS) is 9.75. The fourth-order valence-corrected chi connectivity index (χ4v) is 1.46. The van der Waals surface area contributed by atoms with Gasteiger partial charge in [0, 0.05) is 11.3 Å². The third kappa shape index (κ3) is 2.70. The van der Waals surface area contributed by atoms with Crippen molar-refractivity contribution in [3.63, 3.8) is 0 Å². The maximum absolute atomic E-state index is 11.8. The molecule has 0 fully saturated rings. The Labute approximate surface area is 94.9 Å². The zero-order chi connectivity index (χ0) is 11.2. The van der Waals surface area contributed by atoms with Gasteiger partial charge in [0.25, 0.3) is 0 Å². The van der Waals surface area contributed by atoms with Crippen LogP contribution in [0.15, 0.2) is 60.7 Å². The first kappa shape index (κ1) is 10.4. The number of para-hydroxylation sites is 1. The Hall–Kier alpha value is -2.09. The average Bonchev–Trinajstić information content (AvgIpc) is 2.38. The summed E-state index contributed by atoms with van der Waals surface area (Å²) in [4.78, 5) is 11.8. The van der Waals surface area contributed by atoms with E-state index in [1.165, 1.54) is 0 Å². The number of benzene rings is 2. The molecule has 2 aromatic carbocycles. The number of rotatable bonds is 4. The zero-order valence-corrected chi connectivity index (χ0v) is 8.89. The molecule has 2 nitrogen and oxygen atoms in total. The van der Waals surface area contributed by atoms with E-state index in [2.05, 4.69) is 5.32 Å². The van der Waals surface area contributed by atoms with Gasteiger partial charge in [0.15, 0.2) is 5.78 Å². The van der Waals surface area contributed by atoms with Crippen LogP contribution in [-0.2, 0) is 0 Å². The Morgan fingerprint density at radius 2 is 1.44 bits per heavy atom. The number of hydrogen-bond acceptors (Lipinski definition) is 2. The molecule has 0 aliphatic heterocycles. The molecule has 0 spiro atoms. The minimum Gasteiger partial charge on any atom is -0.378 e. The van der Waals surface area contributed by atoms with Crippen LogP contribution in [0.2, 0.25) is 0 Å². The molecule has 0 saturated heterocycles. The Kier molecular flexibility index (Phi) is 3.34. The van der Waals surface area contributed by atoms with E-state index < -0.39 is 0 Å². The molecule has 16 heavy (non-hydrogen) atoms. The number of carbonyl (C=O) groups excluding carboxylic acids is 1. The molecule has 0 unspecified atom stereocenters. The molecule has 2 rings (SSSR count). The zero-order valence-electron chi connectivity index (χ0n) is 8.89. The van der Waals surface area contributed by atoms with Gasteiger partial charge >= 0.3 is 0 Å². The minimum atomic E-state index is 0.101. The fourth-order valence-electron chi connectivity index (χ4n) is 1.46. The van der Waals surface area contributed by atoms with E-state index in [4.69, 9.17) is 0 Å². The molecule has 0 bridgehead atoms. The Bertz CT molecular complexity index is 451. The minimum absolute atomic E-state index is 0.101. The van der Waals surface area contributed by atoms with Crippen LogP contribution in [0.25, 0.3) is 0 Å². The molecule has 0 aliphatic carbocycles. The molecule has 80 valence electrons. The second kappa shape index (κ2) is 5.12. The van der Waals surface area contributed by atoms with Crippen molar-refractivity contribution in [2.75, 3.05) is 11.9 Å². The van der Waals surface area contributed by atoms with E-state index in [1.807, 2.05) is 60.7 Å². The average molecular weight is 211 g/mol. The van der Waals surface area contributed by atoms with Gasteiger partial charge < -0.3 is 5.32 Å². The van der Waals surface area contributed by atoms with Gasteiger partial charge in [0.1, 0.15) is 0 Å². The lowest BCUT2D eigenvalue weighted by atomic mass is 10.1. The number of anilines is 1. The van der Waals surface area contributed by atoms with Crippen molar-refractivity contribution in [3.05, 3.63) is 66.2 Å². The summed E-state index contributed by atoms with van der Waals surface area (Å²) in [7, 11) is 0. The summed E-state index contributed by atoms with van der Waals surface area (Å²) in [6.45, 7) is 0.327. The summed E-state index contributed by atoms with van der Waals surface area (Å²) in [6.07, 6.45) is 0. The van der Waals surface area contributed by atoms with Crippen LogP contribution in [-0.4, -0.2) is 12.3 Å². The summed E-state index contributed by atoms with van der Waals surface area (Å²) in [6, 6.07) is 19.0. The summed E-state index contributed by atoms with van der Waals surface area (Å²) in [5, 5.41) is 3.09. The highest BCUT2D eigenvalue weighted by Crippen LogP contribution is 2.06. The van der Waals surface area contributed by atoms with Crippen LogP contribution < -0.4 is 5.32 Å². The maximum Gasteiger partial charge on any atom is 0.181 e. The largest absolute Gasteiger partial charge is 0.378 e. The monoisotopic (exact) mass is 211 g/mol. The first-order valence-electron chi connectivity index (χ1n) is 5.23. The van der Waals surface area contributed by atoms with E-state index in [1.54, 1.807) is 0 Å². The van der Waals surface area contributed by atoms with Crippen LogP contribution in [0.5, 0.6) is 0 Å². The lowest BCUT2D eigenvalue weighted by Crippen LogP contribution is -2.13. The van der Waals surface area contributed by atoms with Crippen LogP contribution in [0.4, 0.5) is 5.69 Å². The molecular weight excluding hydrogens is 198 g/mol. The molecule has 2 aromatic rings. The Morgan fingerprint density at radius 3 is 2.06 bits per heavy atom. The summed E-state index contributed by atoms with van der Waals surface area (Å²) < 4.78 is 0. The van der Waals surface area contributed by atoms with Gasteiger partial charge in [-0.2, -0.15) is 0 Å². The van der Waals surface area contributed by atoms with Crippen molar-refractivity contribution < 1.29 is 4.79 Å². The molecule has 0 aliphatic rings. The van der Waals surface area contributed by atoms with Gasteiger partial charge in [0.2, 0.25) is 0 Å². The summed E-state index contributed by atoms with van der Waals surface area (Å²) >= 11 is 0. The van der Waals surface area contributed by atoms with Gasteiger partial charge in [-0.05, 0) is 12.1 Å². The molecule has 1 N–H and O–H groups in total. The van der Waals surface area contributed by atoms with E-state index >= 15 is 0 Å². The predicted molar refractivity (Wildman–Crippen MR) is 65.7 cm³/mol. The number of Topliss-reactive ketones (excluding diaryl/α,β-unsaturated/α-hetero) is 1. The van der Waals surface area contributed by atoms with Gasteiger partial charge in [0.05, 0.1) is 6.54 Å². The van der Waals surface area contributed by atoms with E-state index in [-0.39, 0.29) is 5.78 Å². The van der Waals surface area contributed by atoms with Crippen molar-refractivity contribution in [2.45, 2.75) is 0 Å². The van der Waals surface area contributed by atoms with Gasteiger partial charge in [-0.15, -0.1) is 0 Å². The molecule has 0 atom stereocenters. The summed E-state index contributed by atoms with van der Waals surface area (Å²) in [5.41, 5.74) is 1.71. The second-order valence-electron chi connectivity index (χ2n) is 3.51. The predicted octanol–water partition coefficient (Wildman–Crippen LogP) is 2.98. The highest BCUT2D eigenvalue weighted by molar-refractivity contribution is 5.98. The SMILES string of the molecule is O=C(CNc1ccccc1)c1ccccc1. The number of hydrogen-bond donors (Lipinski definition) is 1. The Balaban J connectivity index is 1.95. The number of nitrogens with one attached hydrogen (secondary N) is 1. The molecule has 0 amide bonds. The maximum atomic E-state index is 11.8. The van der Waals surface area contributed by atoms with E-state index in [0.29, 0.717) is 6.54 Å². The fraction of sp³-hybridized carbons (Fsp3) is 0.0714. The standard InChI is InChI=1S/C14H13NO/c16-14(12-7-3-1-4-8-12)11-15-13-9-5-2-6-10-13/h1-10,15H,11H2. The first-order valence-corrected chi connectivity index (χ1v) is 5.23. The van der Waals surface area contributed by atoms with Crippen molar-refractivity contribution in [2.24, 2.45) is 0 Å². The molecule has 0 radical (unpaired) electrons. The van der Waals surface area contributed by atoms with Gasteiger partial charge in [-0.25, -0.2) is 0 Å². The smallest absolute Gasteiger partial charge is 0.181 e. The van der Waals surface area contributed by atoms with Gasteiger partial charge in [-0.1, -0.05) is 48.5 Å². The topological polar surface area (TPSA) is 29.1 Å². The third-order valence-electron chi connectivity index (χ3n) is 2.32. The van der Waals surface area contributed by atoms with Crippen LogP contribution in [0, 0.1) is 0 Å². The van der Waals surface area contributed by atoms with Crippen molar-refractivity contribution >= 4 is 11.5 Å². The second-order valence-corrected chi connectivity index (χ2v) is 3.51. The lowest BCUT2D eigenvalue weighted by molar-refractivity contribution is 0.101. The Morgan fingerprint density at radius 1 is 0.875 bits per heavy atom. The quantitative estimate of drug-likeness (QED) is 0.788. The van der Waals surface area contributed by atoms with Crippen molar-refractivity contribution in [1.29, 1.82) is 0 Å².